The summed E-state index contributed by atoms with van der Waals surface area (Å²) in [5, 5.41) is 6.71. The number of aromatic amines is 1. The third kappa shape index (κ3) is 39.6. The Balaban J connectivity index is 0.000000423. The average molecular weight is 1060 g/mol. The Morgan fingerprint density at radius 1 is 0.474 bits per heavy atom. The SMILES string of the molecule is CC1=CCN(C)CC1.CC1CCC(C)CC1.CC1CCN(C)CC1.CN1CCN(C)CC1.Cc1cc(C)[nH]n1.Cc1ccc(C)cc1.Cc1ccc(C)nc1.Cc1ccc(C)nc1.Cc1ccc(C)s1.Cc1ccco1. The number of pyridine rings is 2. The number of benzene rings is 1. The largest absolute Gasteiger partial charge is 0.470 e. The van der Waals surface area contributed by atoms with E-state index in [1.165, 1.54) is 123 Å². The van der Waals surface area contributed by atoms with Crippen LogP contribution in [0.1, 0.15) is 133 Å². The molecule has 10 heteroatoms. The van der Waals surface area contributed by atoms with Gasteiger partial charge in [0.15, 0.2) is 0 Å². The van der Waals surface area contributed by atoms with Crippen molar-refractivity contribution in [2.45, 2.75) is 149 Å². The highest BCUT2D eigenvalue weighted by atomic mass is 32.1. The molecule has 2 saturated heterocycles. The molecule has 1 aliphatic carbocycles. The van der Waals surface area contributed by atoms with Crippen molar-refractivity contribution >= 4 is 11.3 Å². The quantitative estimate of drug-likeness (QED) is 0.151. The van der Waals surface area contributed by atoms with E-state index in [1.807, 2.05) is 103 Å². The summed E-state index contributed by atoms with van der Waals surface area (Å²) in [6.45, 7) is 41.5. The van der Waals surface area contributed by atoms with Gasteiger partial charge in [0.1, 0.15) is 5.76 Å². The maximum Gasteiger partial charge on any atom is 0.100 e. The zero-order valence-corrected chi connectivity index (χ0v) is 52.4. The van der Waals surface area contributed by atoms with Gasteiger partial charge in [0, 0.05) is 78.5 Å². The van der Waals surface area contributed by atoms with Gasteiger partial charge in [-0.3, -0.25) is 15.1 Å². The van der Waals surface area contributed by atoms with Gasteiger partial charge in [0.25, 0.3) is 0 Å². The van der Waals surface area contributed by atoms with Crippen LogP contribution in [0, 0.1) is 93.9 Å². The molecule has 3 aliphatic heterocycles. The molecule has 424 valence electrons. The molecule has 6 aromatic rings. The van der Waals surface area contributed by atoms with Gasteiger partial charge in [-0.05, 0) is 215 Å². The lowest BCUT2D eigenvalue weighted by Gasteiger charge is -2.28. The molecule has 8 heterocycles. The number of nitrogens with zero attached hydrogens (tertiary/aromatic N) is 7. The standard InChI is InChI=1S/C8H16.C8H10.C7H15N.C7H13N.2C7H9N.C6H14N2.C6H8S.C5H8N2.C5H6O/c4*1-7-3-5-8(2)6-4-7;2*1-6-3-4-7(2)8-5-6;1-7-3-5-8(2)6-4-7;1-5-3-4-6(2)7-5;1-4-3-5(2)7-6-4;1-5-3-2-4-6-5/h7-8H,3-6H2,1-2H3;3-6H,1-2H3;7H,3-6H2,1-2H3;3H,4-6H2,1-2H3;2*3-5H,1-2H3;3-6H2,1-2H3;3-4H,1-2H3;3H,1-2H3,(H,6,7);2-4H,1H3. The second-order valence-electron chi connectivity index (χ2n) is 22.2. The summed E-state index contributed by atoms with van der Waals surface area (Å²) in [7, 11) is 8.70. The Morgan fingerprint density at radius 3 is 1.13 bits per heavy atom. The molecule has 76 heavy (non-hydrogen) atoms. The zero-order valence-electron chi connectivity index (χ0n) is 51.6. The molecule has 5 aromatic heterocycles. The Labute approximate surface area is 470 Å². The first-order valence-corrected chi connectivity index (χ1v) is 29.0. The average Bonchev–Trinajstić information content (AvgIpc) is 4.15. The van der Waals surface area contributed by atoms with Crippen molar-refractivity contribution in [3.05, 3.63) is 170 Å². The maximum atomic E-state index is 4.83. The molecule has 1 aromatic carbocycles. The van der Waals surface area contributed by atoms with Crippen LogP contribution >= 0.6 is 11.3 Å². The number of nitrogens with one attached hydrogen (secondary N) is 1. The second kappa shape index (κ2) is 41.4. The molecule has 0 spiro atoms. The number of likely N-dealkylation sites (tertiary alicyclic amines) is 1. The lowest BCUT2D eigenvalue weighted by Crippen LogP contribution is -2.42. The lowest BCUT2D eigenvalue weighted by molar-refractivity contribution is 0.181. The van der Waals surface area contributed by atoms with Gasteiger partial charge in [-0.15, -0.1) is 11.3 Å². The summed E-state index contributed by atoms with van der Waals surface area (Å²) in [4.78, 5) is 20.4. The summed E-state index contributed by atoms with van der Waals surface area (Å²) in [6, 6.07) is 26.7. The van der Waals surface area contributed by atoms with Crippen LogP contribution < -0.4 is 0 Å². The van der Waals surface area contributed by atoms with Crippen molar-refractivity contribution < 1.29 is 4.42 Å². The molecule has 0 radical (unpaired) electrons. The summed E-state index contributed by atoms with van der Waals surface area (Å²) in [6.07, 6.45) is 17.7. The van der Waals surface area contributed by atoms with E-state index < -0.39 is 0 Å². The maximum absolute atomic E-state index is 4.83. The molecule has 0 bridgehead atoms. The van der Waals surface area contributed by atoms with Crippen LogP contribution in [0.5, 0.6) is 0 Å². The smallest absolute Gasteiger partial charge is 0.100 e. The number of aryl methyl sites for hydroxylation is 11. The van der Waals surface area contributed by atoms with Crippen LogP contribution in [0.3, 0.4) is 0 Å². The minimum absolute atomic E-state index is 0.968. The number of piperazine rings is 1. The van der Waals surface area contributed by atoms with Crippen LogP contribution in [0.15, 0.2) is 114 Å². The highest BCUT2D eigenvalue weighted by Gasteiger charge is 2.13. The summed E-state index contributed by atoms with van der Waals surface area (Å²) in [5.74, 6) is 3.98. The molecular weight excluding hydrogens is 953 g/mol. The number of piperidine rings is 1. The first-order chi connectivity index (χ1) is 36.0. The summed E-state index contributed by atoms with van der Waals surface area (Å²) >= 11 is 1.84. The Bertz CT molecular complexity index is 1960. The van der Waals surface area contributed by atoms with Crippen LogP contribution in [0.25, 0.3) is 0 Å². The fourth-order valence-electron chi connectivity index (χ4n) is 7.54. The third-order valence-electron chi connectivity index (χ3n) is 13.4. The van der Waals surface area contributed by atoms with Gasteiger partial charge in [-0.2, -0.15) is 5.10 Å². The van der Waals surface area contributed by atoms with E-state index in [4.69, 9.17) is 4.42 Å². The number of hydrogen-bond donors (Lipinski definition) is 1. The van der Waals surface area contributed by atoms with Gasteiger partial charge in [-0.1, -0.05) is 106 Å². The monoisotopic (exact) mass is 1060 g/mol. The predicted octanol–water partition coefficient (Wildman–Crippen LogP) is 16.0. The minimum atomic E-state index is 0.968. The number of furan rings is 1. The summed E-state index contributed by atoms with van der Waals surface area (Å²) < 4.78 is 4.83. The first-order valence-electron chi connectivity index (χ1n) is 28.2. The molecule has 10 rings (SSSR count). The van der Waals surface area contributed by atoms with Crippen molar-refractivity contribution in [3.8, 4) is 0 Å². The van der Waals surface area contributed by atoms with Gasteiger partial charge in [0.2, 0.25) is 0 Å². The normalized spacial score (nSPS) is 17.5. The molecule has 0 atom stereocenters. The van der Waals surface area contributed by atoms with Crippen molar-refractivity contribution in [1.29, 1.82) is 0 Å². The van der Waals surface area contributed by atoms with E-state index in [2.05, 4.69) is 178 Å². The van der Waals surface area contributed by atoms with E-state index in [1.54, 1.807) is 11.8 Å². The number of rotatable bonds is 0. The van der Waals surface area contributed by atoms with E-state index in [9.17, 15) is 0 Å². The Kier molecular flexibility index (Phi) is 37.7. The number of thiophene rings is 1. The van der Waals surface area contributed by atoms with Crippen LogP contribution in [0.4, 0.5) is 0 Å². The highest BCUT2D eigenvalue weighted by molar-refractivity contribution is 7.11. The van der Waals surface area contributed by atoms with Crippen LogP contribution in [-0.4, -0.2) is 120 Å². The van der Waals surface area contributed by atoms with Crippen molar-refractivity contribution in [2.24, 2.45) is 17.8 Å². The molecule has 1 saturated carbocycles. The fraction of sp³-hybridized carbons (Fsp3) is 0.561. The molecule has 3 fully saturated rings. The van der Waals surface area contributed by atoms with Crippen LogP contribution in [-0.2, 0) is 0 Å². The van der Waals surface area contributed by atoms with Gasteiger partial charge >= 0.3 is 0 Å². The molecule has 4 aliphatic rings. The van der Waals surface area contributed by atoms with Gasteiger partial charge in [-0.25, -0.2) is 0 Å². The van der Waals surface area contributed by atoms with Crippen LogP contribution in [0.2, 0.25) is 0 Å². The fourth-order valence-corrected chi connectivity index (χ4v) is 8.32. The van der Waals surface area contributed by atoms with Gasteiger partial charge < -0.3 is 24.0 Å². The lowest BCUT2D eigenvalue weighted by atomic mass is 9.84. The summed E-state index contributed by atoms with van der Waals surface area (Å²) in [5.41, 5.74) is 11.0. The molecule has 0 amide bonds. The molecule has 0 unspecified atom stereocenters. The van der Waals surface area contributed by atoms with E-state index in [0.717, 1.165) is 52.8 Å². The second-order valence-corrected chi connectivity index (χ2v) is 23.7. The zero-order chi connectivity index (χ0) is 56.8. The minimum Gasteiger partial charge on any atom is -0.470 e. The van der Waals surface area contributed by atoms with E-state index in [0.29, 0.717) is 0 Å². The number of hydrogen-bond acceptors (Lipinski definition) is 9. The number of likely N-dealkylation sites (N-methyl/N-ethyl adjacent to an activating group) is 3. The number of H-pyrrole nitrogens is 1. The Morgan fingerprint density at radius 2 is 0.895 bits per heavy atom. The molecule has 9 nitrogen and oxygen atoms in total. The van der Waals surface area contributed by atoms with Crippen molar-refractivity contribution in [1.82, 2.24) is 39.8 Å². The molecule has 1 N–H and O–H groups in total. The van der Waals surface area contributed by atoms with Gasteiger partial charge in [0.05, 0.1) is 12.0 Å². The molecular formula is C66H108N8OS. The first kappa shape index (κ1) is 69.3. The Hall–Kier alpha value is -4.71. The number of aromatic nitrogens is 4. The van der Waals surface area contributed by atoms with Crippen molar-refractivity contribution in [2.75, 3.05) is 80.5 Å². The predicted molar refractivity (Wildman–Crippen MR) is 332 cm³/mol. The van der Waals surface area contributed by atoms with E-state index >= 15 is 0 Å². The highest BCUT2D eigenvalue weighted by Crippen LogP contribution is 2.27. The van der Waals surface area contributed by atoms with E-state index in [-0.39, 0.29) is 0 Å². The van der Waals surface area contributed by atoms with Crippen molar-refractivity contribution in [3.63, 3.8) is 0 Å². The third-order valence-corrected chi connectivity index (χ3v) is 14.3. The topological polar surface area (TPSA) is 80.6 Å².